The van der Waals surface area contributed by atoms with Gasteiger partial charge in [0, 0.05) is 47.2 Å². The van der Waals surface area contributed by atoms with Crippen molar-refractivity contribution < 1.29 is 4.79 Å². The van der Waals surface area contributed by atoms with Gasteiger partial charge in [-0.1, -0.05) is 36.8 Å². The molecule has 39 heavy (non-hydrogen) atoms. The monoisotopic (exact) mass is 516 g/mol. The van der Waals surface area contributed by atoms with E-state index in [4.69, 9.17) is 4.98 Å². The highest BCUT2D eigenvalue weighted by Gasteiger charge is 2.27. The predicted molar refractivity (Wildman–Crippen MR) is 159 cm³/mol. The molecule has 7 rings (SSSR count). The molecule has 2 aliphatic heterocycles. The molecule has 0 bridgehead atoms. The standard InChI is InChI=1S/C34H36N4O/c39-34-29(27-20-23(12-13-31(27)37-34)15-19-38-17-6-1-7-18-38)22-33-28(26-10-4-5-11-30(26)36-33)21-32-25-9-3-2-8-24(25)14-16-35-32/h2-3,8-9,12-14,16,20,22,36H,1,4-7,10-11,15,17-19,21H2,(H,37,39). The van der Waals surface area contributed by atoms with Crippen LogP contribution in [0.5, 0.6) is 0 Å². The Morgan fingerprint density at radius 3 is 2.74 bits per heavy atom. The molecule has 2 N–H and O–H groups in total. The highest BCUT2D eigenvalue weighted by Crippen LogP contribution is 2.37. The number of carbonyl (C=O) groups excluding carboxylic acids is 1. The number of H-pyrrole nitrogens is 1. The number of anilines is 1. The van der Waals surface area contributed by atoms with E-state index in [0.717, 1.165) is 60.4 Å². The van der Waals surface area contributed by atoms with Gasteiger partial charge >= 0.3 is 0 Å². The smallest absolute Gasteiger partial charge is 0.256 e. The van der Waals surface area contributed by atoms with Crippen LogP contribution >= 0.6 is 0 Å². The van der Waals surface area contributed by atoms with Gasteiger partial charge in [-0.2, -0.15) is 0 Å². The lowest BCUT2D eigenvalue weighted by atomic mass is 9.91. The lowest BCUT2D eigenvalue weighted by molar-refractivity contribution is -0.110. The number of hydrogen-bond donors (Lipinski definition) is 2. The molecule has 0 unspecified atom stereocenters. The number of amides is 1. The Hall–Kier alpha value is -3.70. The van der Waals surface area contributed by atoms with Gasteiger partial charge in [0.15, 0.2) is 0 Å². The first-order valence-electron chi connectivity index (χ1n) is 14.7. The first kappa shape index (κ1) is 24.3. The van der Waals surface area contributed by atoms with Gasteiger partial charge in [0.2, 0.25) is 0 Å². The van der Waals surface area contributed by atoms with Crippen LogP contribution in [0, 0.1) is 0 Å². The molecule has 4 aromatic rings. The van der Waals surface area contributed by atoms with E-state index in [1.54, 1.807) is 0 Å². The van der Waals surface area contributed by atoms with E-state index in [1.807, 2.05) is 6.20 Å². The van der Waals surface area contributed by atoms with Gasteiger partial charge in [0.05, 0.1) is 11.3 Å². The number of nitrogens with zero attached hydrogens (tertiary/aromatic N) is 2. The SMILES string of the molecule is O=C1Nc2ccc(CCN3CCCCC3)cc2C1=Cc1[nH]c2c(c1Cc1nccc3ccccc13)CCCC2. The molecular formula is C34H36N4O. The minimum Gasteiger partial charge on any atom is -0.358 e. The summed E-state index contributed by atoms with van der Waals surface area (Å²) < 4.78 is 0. The number of hydrogen-bond acceptors (Lipinski definition) is 3. The molecule has 5 heteroatoms. The van der Waals surface area contributed by atoms with E-state index in [-0.39, 0.29) is 5.91 Å². The highest BCUT2D eigenvalue weighted by atomic mass is 16.2. The molecule has 2 aromatic heterocycles. The zero-order chi connectivity index (χ0) is 26.2. The zero-order valence-corrected chi connectivity index (χ0v) is 22.6. The largest absolute Gasteiger partial charge is 0.358 e. The summed E-state index contributed by atoms with van der Waals surface area (Å²) in [6.07, 6.45) is 14.3. The maximum absolute atomic E-state index is 13.2. The second kappa shape index (κ2) is 10.5. The third kappa shape index (κ3) is 4.80. The summed E-state index contributed by atoms with van der Waals surface area (Å²) in [7, 11) is 0. The summed E-state index contributed by atoms with van der Waals surface area (Å²) in [5, 5.41) is 5.53. The maximum Gasteiger partial charge on any atom is 0.256 e. The first-order valence-corrected chi connectivity index (χ1v) is 14.7. The van der Waals surface area contributed by atoms with Crippen molar-refractivity contribution >= 4 is 34.0 Å². The molecule has 5 nitrogen and oxygen atoms in total. The molecular weight excluding hydrogens is 480 g/mol. The lowest BCUT2D eigenvalue weighted by Gasteiger charge is -2.26. The second-order valence-corrected chi connectivity index (χ2v) is 11.4. The van der Waals surface area contributed by atoms with Crippen molar-refractivity contribution in [1.82, 2.24) is 14.9 Å². The van der Waals surface area contributed by atoms with Crippen molar-refractivity contribution in [3.8, 4) is 0 Å². The molecule has 1 amide bonds. The summed E-state index contributed by atoms with van der Waals surface area (Å²) in [4.78, 5) is 24.4. The Kier molecular flexibility index (Phi) is 6.53. The maximum atomic E-state index is 13.2. The molecule has 1 fully saturated rings. The normalized spacial score (nSPS) is 18.4. The molecule has 4 heterocycles. The van der Waals surface area contributed by atoms with Gasteiger partial charge in [0.25, 0.3) is 5.91 Å². The quantitative estimate of drug-likeness (QED) is 0.286. The number of nitrogens with one attached hydrogen (secondary N) is 2. The minimum absolute atomic E-state index is 0.0139. The van der Waals surface area contributed by atoms with E-state index < -0.39 is 0 Å². The van der Waals surface area contributed by atoms with Crippen molar-refractivity contribution in [3.63, 3.8) is 0 Å². The third-order valence-electron chi connectivity index (χ3n) is 8.86. The Balaban J connectivity index is 1.24. The van der Waals surface area contributed by atoms with Gasteiger partial charge in [-0.15, -0.1) is 0 Å². The molecule has 2 aromatic carbocycles. The molecule has 0 spiro atoms. The van der Waals surface area contributed by atoms with E-state index >= 15 is 0 Å². The van der Waals surface area contributed by atoms with Crippen LogP contribution in [-0.2, 0) is 30.5 Å². The average molecular weight is 517 g/mol. The summed E-state index contributed by atoms with van der Waals surface area (Å²) in [5.41, 5.74) is 10.2. The van der Waals surface area contributed by atoms with Crippen LogP contribution in [-0.4, -0.2) is 40.4 Å². The van der Waals surface area contributed by atoms with Crippen molar-refractivity contribution in [3.05, 3.63) is 94.1 Å². The van der Waals surface area contributed by atoms with E-state index in [9.17, 15) is 4.79 Å². The number of aromatic amines is 1. The van der Waals surface area contributed by atoms with E-state index in [1.165, 1.54) is 78.4 Å². The molecule has 3 aliphatic rings. The van der Waals surface area contributed by atoms with Gasteiger partial charge in [-0.3, -0.25) is 9.78 Å². The Labute approximate surface area is 230 Å². The number of aryl methyl sites for hydroxylation is 1. The number of fused-ring (bicyclic) bond motifs is 3. The number of carbonyl (C=O) groups is 1. The molecule has 1 aliphatic carbocycles. The van der Waals surface area contributed by atoms with Crippen molar-refractivity contribution in [2.24, 2.45) is 0 Å². The summed E-state index contributed by atoms with van der Waals surface area (Å²) in [5.74, 6) is -0.0139. The van der Waals surface area contributed by atoms with Crippen molar-refractivity contribution in [2.45, 2.75) is 57.8 Å². The van der Waals surface area contributed by atoms with Crippen LogP contribution < -0.4 is 5.32 Å². The van der Waals surface area contributed by atoms with Crippen LogP contribution in [0.2, 0.25) is 0 Å². The predicted octanol–water partition coefficient (Wildman–Crippen LogP) is 6.55. The lowest BCUT2D eigenvalue weighted by Crippen LogP contribution is -2.31. The first-order chi connectivity index (χ1) is 19.2. The molecule has 198 valence electrons. The fraction of sp³-hybridized carbons (Fsp3) is 0.353. The summed E-state index contributed by atoms with van der Waals surface area (Å²) >= 11 is 0. The fourth-order valence-electron chi connectivity index (χ4n) is 6.74. The summed E-state index contributed by atoms with van der Waals surface area (Å²) in [6, 6.07) is 17.1. The van der Waals surface area contributed by atoms with Crippen LogP contribution in [0.4, 0.5) is 5.69 Å². The second-order valence-electron chi connectivity index (χ2n) is 11.4. The van der Waals surface area contributed by atoms with Gasteiger partial charge in [-0.05, 0) is 104 Å². The fourth-order valence-corrected chi connectivity index (χ4v) is 6.74. The van der Waals surface area contributed by atoms with Gasteiger partial charge in [0.1, 0.15) is 0 Å². The topological polar surface area (TPSA) is 61.0 Å². The number of piperidine rings is 1. The minimum atomic E-state index is -0.0139. The van der Waals surface area contributed by atoms with E-state index in [0.29, 0.717) is 0 Å². The number of rotatable bonds is 6. The molecule has 1 saturated heterocycles. The highest BCUT2D eigenvalue weighted by molar-refractivity contribution is 6.35. The van der Waals surface area contributed by atoms with Crippen molar-refractivity contribution in [2.75, 3.05) is 25.0 Å². The Morgan fingerprint density at radius 2 is 1.82 bits per heavy atom. The number of aromatic nitrogens is 2. The Bertz CT molecular complexity index is 1570. The van der Waals surface area contributed by atoms with Crippen LogP contribution in [0.15, 0.2) is 54.7 Å². The summed E-state index contributed by atoms with van der Waals surface area (Å²) in [6.45, 7) is 3.51. The zero-order valence-electron chi connectivity index (χ0n) is 22.6. The molecule has 0 radical (unpaired) electrons. The average Bonchev–Trinajstić information content (AvgIpc) is 3.48. The number of pyridine rings is 1. The van der Waals surface area contributed by atoms with Crippen LogP contribution in [0.3, 0.4) is 0 Å². The number of likely N-dealkylation sites (tertiary alicyclic amines) is 1. The Morgan fingerprint density at radius 1 is 0.949 bits per heavy atom. The number of benzene rings is 2. The van der Waals surface area contributed by atoms with Crippen LogP contribution in [0.25, 0.3) is 22.4 Å². The van der Waals surface area contributed by atoms with E-state index in [2.05, 4.69) is 69.8 Å². The molecule has 0 atom stereocenters. The van der Waals surface area contributed by atoms with Crippen LogP contribution in [0.1, 0.15) is 71.4 Å². The van der Waals surface area contributed by atoms with Crippen molar-refractivity contribution in [1.29, 1.82) is 0 Å². The third-order valence-corrected chi connectivity index (χ3v) is 8.86. The molecule has 0 saturated carbocycles. The van der Waals surface area contributed by atoms with Gasteiger partial charge in [-0.25, -0.2) is 0 Å². The van der Waals surface area contributed by atoms with Gasteiger partial charge < -0.3 is 15.2 Å².